The van der Waals surface area contributed by atoms with Gasteiger partial charge in [-0.15, -0.1) is 0 Å². The first-order valence-electron chi connectivity index (χ1n) is 9.94. The molecule has 2 aromatic rings. The molecule has 1 unspecified atom stereocenters. The SMILES string of the molecule is COc1cccc(CN2CC(C(=O)NCCc3nc(C)cc(C)n3)CCC2=O)c1. The van der Waals surface area contributed by atoms with E-state index in [9.17, 15) is 9.59 Å². The van der Waals surface area contributed by atoms with Gasteiger partial charge in [0.25, 0.3) is 0 Å². The number of aromatic nitrogens is 2. The summed E-state index contributed by atoms with van der Waals surface area (Å²) in [6, 6.07) is 9.58. The second-order valence-corrected chi connectivity index (χ2v) is 7.47. The van der Waals surface area contributed by atoms with Crippen molar-refractivity contribution in [2.75, 3.05) is 20.2 Å². The molecule has 1 fully saturated rings. The Labute approximate surface area is 171 Å². The Morgan fingerprint density at radius 1 is 1.24 bits per heavy atom. The molecule has 3 rings (SSSR count). The standard InChI is InChI=1S/C22H28N4O3/c1-15-11-16(2)25-20(24-15)9-10-23-22(28)18-7-8-21(27)26(14-18)13-17-5-4-6-19(12-17)29-3/h4-6,11-12,18H,7-10,13-14H2,1-3H3,(H,23,28). The normalized spacial score (nSPS) is 16.6. The number of benzene rings is 1. The Morgan fingerprint density at radius 2 is 2.00 bits per heavy atom. The van der Waals surface area contributed by atoms with Gasteiger partial charge in [-0.3, -0.25) is 9.59 Å². The van der Waals surface area contributed by atoms with E-state index in [1.165, 1.54) is 0 Å². The van der Waals surface area contributed by atoms with Gasteiger partial charge >= 0.3 is 0 Å². The monoisotopic (exact) mass is 396 g/mol. The van der Waals surface area contributed by atoms with Crippen LogP contribution in [0, 0.1) is 19.8 Å². The molecule has 29 heavy (non-hydrogen) atoms. The summed E-state index contributed by atoms with van der Waals surface area (Å²) < 4.78 is 5.25. The Morgan fingerprint density at radius 3 is 2.72 bits per heavy atom. The predicted molar refractivity (Wildman–Crippen MR) is 109 cm³/mol. The number of methoxy groups -OCH3 is 1. The molecule has 2 heterocycles. The van der Waals surface area contributed by atoms with E-state index in [0.717, 1.165) is 28.5 Å². The molecule has 2 amide bonds. The van der Waals surface area contributed by atoms with Crippen molar-refractivity contribution < 1.29 is 14.3 Å². The molecule has 0 spiro atoms. The maximum Gasteiger partial charge on any atom is 0.224 e. The smallest absolute Gasteiger partial charge is 0.224 e. The van der Waals surface area contributed by atoms with Crippen LogP contribution in [0.3, 0.4) is 0 Å². The lowest BCUT2D eigenvalue weighted by atomic mass is 9.96. The Hall–Kier alpha value is -2.96. The molecular formula is C22H28N4O3. The quantitative estimate of drug-likeness (QED) is 0.776. The van der Waals surface area contributed by atoms with Gasteiger partial charge in [0.05, 0.1) is 13.0 Å². The van der Waals surface area contributed by atoms with Crippen molar-refractivity contribution in [1.29, 1.82) is 0 Å². The first-order chi connectivity index (χ1) is 13.9. The van der Waals surface area contributed by atoms with E-state index in [1.54, 1.807) is 12.0 Å². The fraction of sp³-hybridized carbons (Fsp3) is 0.455. The van der Waals surface area contributed by atoms with E-state index in [0.29, 0.717) is 38.9 Å². The molecule has 0 bridgehead atoms. The Bertz CT molecular complexity index is 864. The zero-order chi connectivity index (χ0) is 20.8. The molecule has 1 atom stereocenters. The topological polar surface area (TPSA) is 84.4 Å². The van der Waals surface area contributed by atoms with Crippen molar-refractivity contribution in [3.63, 3.8) is 0 Å². The van der Waals surface area contributed by atoms with E-state index in [4.69, 9.17) is 4.74 Å². The lowest BCUT2D eigenvalue weighted by molar-refractivity contribution is -0.138. The highest BCUT2D eigenvalue weighted by molar-refractivity contribution is 5.83. The first kappa shape index (κ1) is 20.8. The first-order valence-corrected chi connectivity index (χ1v) is 9.94. The van der Waals surface area contributed by atoms with Gasteiger partial charge in [0.2, 0.25) is 11.8 Å². The average Bonchev–Trinajstić information content (AvgIpc) is 2.69. The third-order valence-corrected chi connectivity index (χ3v) is 5.05. The molecule has 1 aromatic heterocycles. The zero-order valence-electron chi connectivity index (χ0n) is 17.3. The Kier molecular flexibility index (Phi) is 6.80. The minimum absolute atomic E-state index is 0.0162. The number of hydrogen-bond donors (Lipinski definition) is 1. The molecule has 0 radical (unpaired) electrons. The number of nitrogens with zero attached hydrogens (tertiary/aromatic N) is 3. The van der Waals surface area contributed by atoms with Gasteiger partial charge in [-0.05, 0) is 44.0 Å². The molecule has 154 valence electrons. The van der Waals surface area contributed by atoms with Crippen molar-refractivity contribution in [3.8, 4) is 5.75 Å². The number of carbonyl (C=O) groups excluding carboxylic acids is 2. The van der Waals surface area contributed by atoms with Gasteiger partial charge < -0.3 is 15.0 Å². The number of carbonyl (C=O) groups is 2. The molecule has 7 heteroatoms. The summed E-state index contributed by atoms with van der Waals surface area (Å²) in [4.78, 5) is 35.5. The summed E-state index contributed by atoms with van der Waals surface area (Å²) >= 11 is 0. The van der Waals surface area contributed by atoms with Crippen LogP contribution in [0.25, 0.3) is 0 Å². The van der Waals surface area contributed by atoms with Gasteiger partial charge in [-0.1, -0.05) is 12.1 Å². The van der Waals surface area contributed by atoms with Crippen LogP contribution in [0.2, 0.25) is 0 Å². The molecule has 1 saturated heterocycles. The largest absolute Gasteiger partial charge is 0.497 e. The van der Waals surface area contributed by atoms with Crippen molar-refractivity contribution in [2.45, 2.75) is 39.7 Å². The molecular weight excluding hydrogens is 368 g/mol. The van der Waals surface area contributed by atoms with Crippen LogP contribution in [0.15, 0.2) is 30.3 Å². The minimum Gasteiger partial charge on any atom is -0.497 e. The number of rotatable bonds is 7. The lowest BCUT2D eigenvalue weighted by Gasteiger charge is -2.32. The highest BCUT2D eigenvalue weighted by Crippen LogP contribution is 2.21. The van der Waals surface area contributed by atoms with Gasteiger partial charge in [-0.25, -0.2) is 9.97 Å². The third-order valence-electron chi connectivity index (χ3n) is 5.05. The molecule has 7 nitrogen and oxygen atoms in total. The fourth-order valence-electron chi connectivity index (χ4n) is 3.63. The fourth-order valence-corrected chi connectivity index (χ4v) is 3.63. The zero-order valence-corrected chi connectivity index (χ0v) is 17.3. The van der Waals surface area contributed by atoms with Crippen LogP contribution >= 0.6 is 0 Å². The maximum atomic E-state index is 12.6. The maximum absolute atomic E-state index is 12.6. The minimum atomic E-state index is -0.196. The molecule has 0 aliphatic carbocycles. The molecule has 1 aliphatic rings. The highest BCUT2D eigenvalue weighted by atomic mass is 16.5. The highest BCUT2D eigenvalue weighted by Gasteiger charge is 2.30. The number of nitrogens with one attached hydrogen (secondary N) is 1. The van der Waals surface area contributed by atoms with Crippen molar-refractivity contribution in [3.05, 3.63) is 53.1 Å². The van der Waals surface area contributed by atoms with Crippen LogP contribution in [0.1, 0.15) is 35.6 Å². The van der Waals surface area contributed by atoms with Gasteiger partial charge in [-0.2, -0.15) is 0 Å². The van der Waals surface area contributed by atoms with E-state index in [1.807, 2.05) is 44.2 Å². The van der Waals surface area contributed by atoms with E-state index in [2.05, 4.69) is 15.3 Å². The van der Waals surface area contributed by atoms with Gasteiger partial charge in [0.15, 0.2) is 0 Å². The summed E-state index contributed by atoms with van der Waals surface area (Å²) in [6.07, 6.45) is 1.56. The van der Waals surface area contributed by atoms with Crippen molar-refractivity contribution in [1.82, 2.24) is 20.2 Å². The van der Waals surface area contributed by atoms with Gasteiger partial charge in [0.1, 0.15) is 11.6 Å². The summed E-state index contributed by atoms with van der Waals surface area (Å²) in [5.41, 5.74) is 2.85. The van der Waals surface area contributed by atoms with Crippen LogP contribution in [-0.4, -0.2) is 46.9 Å². The van der Waals surface area contributed by atoms with Crippen LogP contribution in [-0.2, 0) is 22.6 Å². The number of aryl methyl sites for hydroxylation is 2. The number of likely N-dealkylation sites (tertiary alicyclic amines) is 1. The second-order valence-electron chi connectivity index (χ2n) is 7.47. The second kappa shape index (κ2) is 9.49. The summed E-state index contributed by atoms with van der Waals surface area (Å²) in [5.74, 6) is 1.37. The van der Waals surface area contributed by atoms with E-state index in [-0.39, 0.29) is 17.7 Å². The number of amides is 2. The summed E-state index contributed by atoms with van der Waals surface area (Å²) in [7, 11) is 1.62. The van der Waals surface area contributed by atoms with Crippen LogP contribution in [0.4, 0.5) is 0 Å². The van der Waals surface area contributed by atoms with E-state index >= 15 is 0 Å². The van der Waals surface area contributed by atoms with Crippen molar-refractivity contribution >= 4 is 11.8 Å². The van der Waals surface area contributed by atoms with Crippen LogP contribution < -0.4 is 10.1 Å². The number of piperidine rings is 1. The van der Waals surface area contributed by atoms with Crippen molar-refractivity contribution in [2.24, 2.45) is 5.92 Å². The third kappa shape index (κ3) is 5.76. The number of ether oxygens (including phenoxy) is 1. The van der Waals surface area contributed by atoms with Crippen LogP contribution in [0.5, 0.6) is 5.75 Å². The Balaban J connectivity index is 1.53. The van der Waals surface area contributed by atoms with E-state index < -0.39 is 0 Å². The molecule has 0 saturated carbocycles. The summed E-state index contributed by atoms with van der Waals surface area (Å²) in [5, 5.41) is 2.98. The lowest BCUT2D eigenvalue weighted by Crippen LogP contribution is -2.45. The summed E-state index contributed by atoms with van der Waals surface area (Å²) in [6.45, 7) is 5.28. The van der Waals surface area contributed by atoms with Gasteiger partial charge in [0, 0.05) is 43.9 Å². The molecule has 1 N–H and O–H groups in total. The molecule has 1 aromatic carbocycles. The average molecular weight is 396 g/mol. The predicted octanol–water partition coefficient (Wildman–Crippen LogP) is 2.20. The number of hydrogen-bond acceptors (Lipinski definition) is 5. The molecule has 1 aliphatic heterocycles.